The predicted molar refractivity (Wildman–Crippen MR) is 79.7 cm³/mol. The fraction of sp³-hybridized carbons (Fsp3) is 0.562. The van der Waals surface area contributed by atoms with Gasteiger partial charge >= 0.3 is 0 Å². The Kier molecular flexibility index (Phi) is 5.41. The number of carbonyl (C=O) groups is 1. The molecule has 1 aromatic rings. The fourth-order valence-corrected chi connectivity index (χ4v) is 2.67. The Morgan fingerprint density at radius 2 is 2.35 bits per heavy atom. The van der Waals surface area contributed by atoms with E-state index in [-0.39, 0.29) is 12.3 Å². The summed E-state index contributed by atoms with van der Waals surface area (Å²) >= 11 is 0. The first-order chi connectivity index (χ1) is 9.70. The minimum absolute atomic E-state index is 0.259. The number of aryl methyl sites for hydroxylation is 1. The van der Waals surface area contributed by atoms with Crippen LogP contribution in [0.4, 0.5) is 0 Å². The summed E-state index contributed by atoms with van der Waals surface area (Å²) in [7, 11) is 0. The fourth-order valence-electron chi connectivity index (χ4n) is 2.67. The number of primary amides is 1. The van der Waals surface area contributed by atoms with Gasteiger partial charge in [-0.2, -0.15) is 0 Å². The number of benzene rings is 1. The topological polar surface area (TPSA) is 64.3 Å². The first kappa shape index (κ1) is 14.9. The first-order valence-corrected chi connectivity index (χ1v) is 7.48. The zero-order chi connectivity index (χ0) is 14.4. The van der Waals surface area contributed by atoms with Crippen LogP contribution in [0.3, 0.4) is 0 Å². The minimum atomic E-state index is -0.328. The van der Waals surface area contributed by atoms with Crippen LogP contribution < -0.4 is 15.8 Å². The molecule has 4 heteroatoms. The molecule has 1 amide bonds. The molecule has 2 rings (SSSR count). The Balaban J connectivity index is 2.04. The number of rotatable bonds is 7. The van der Waals surface area contributed by atoms with Crippen LogP contribution in [0.15, 0.2) is 18.2 Å². The molecule has 1 unspecified atom stereocenters. The number of carbonyl (C=O) groups excluding carboxylic acids is 1. The maximum Gasteiger partial charge on any atom is 0.220 e. The number of amides is 1. The van der Waals surface area contributed by atoms with Crippen LogP contribution in [-0.4, -0.2) is 19.1 Å². The molecule has 0 bridgehead atoms. The third kappa shape index (κ3) is 3.97. The molecule has 1 aromatic carbocycles. The number of ether oxygens (including phenoxy) is 1. The third-order valence-electron chi connectivity index (χ3n) is 3.69. The number of fused-ring (bicyclic) bond motifs is 1. The van der Waals surface area contributed by atoms with Crippen molar-refractivity contribution in [3.8, 4) is 5.75 Å². The zero-order valence-electron chi connectivity index (χ0n) is 12.2. The molecular formula is C16H24N2O2. The Labute approximate surface area is 120 Å². The molecule has 1 aliphatic rings. The van der Waals surface area contributed by atoms with Gasteiger partial charge in [-0.05, 0) is 55.5 Å². The van der Waals surface area contributed by atoms with E-state index in [9.17, 15) is 4.79 Å². The smallest absolute Gasteiger partial charge is 0.220 e. The Bertz CT molecular complexity index is 460. The second-order valence-electron chi connectivity index (χ2n) is 5.32. The molecule has 0 saturated carbocycles. The highest BCUT2D eigenvalue weighted by molar-refractivity contribution is 5.73. The highest BCUT2D eigenvalue weighted by Crippen LogP contribution is 2.32. The van der Waals surface area contributed by atoms with Gasteiger partial charge < -0.3 is 15.8 Å². The van der Waals surface area contributed by atoms with Gasteiger partial charge in [-0.3, -0.25) is 4.79 Å². The molecule has 4 nitrogen and oxygen atoms in total. The van der Waals surface area contributed by atoms with E-state index in [2.05, 4.69) is 24.4 Å². The van der Waals surface area contributed by atoms with E-state index in [1.165, 1.54) is 24.0 Å². The van der Waals surface area contributed by atoms with Gasteiger partial charge in [-0.15, -0.1) is 0 Å². The Hall–Kier alpha value is -1.55. The molecule has 110 valence electrons. The van der Waals surface area contributed by atoms with Crippen LogP contribution in [-0.2, 0) is 11.2 Å². The normalized spacial score (nSPS) is 17.6. The maximum atomic E-state index is 10.7. The van der Waals surface area contributed by atoms with E-state index in [0.717, 1.165) is 25.1 Å². The summed E-state index contributed by atoms with van der Waals surface area (Å²) in [5.74, 6) is 0.501. The second kappa shape index (κ2) is 7.29. The summed E-state index contributed by atoms with van der Waals surface area (Å²) in [6.07, 6.45) is 4.95. The van der Waals surface area contributed by atoms with Gasteiger partial charge in [0, 0.05) is 6.04 Å². The highest BCUT2D eigenvalue weighted by atomic mass is 16.5. The highest BCUT2D eigenvalue weighted by Gasteiger charge is 2.20. The van der Waals surface area contributed by atoms with E-state index < -0.39 is 0 Å². The molecule has 0 fully saturated rings. The van der Waals surface area contributed by atoms with Crippen LogP contribution in [0.5, 0.6) is 5.75 Å². The van der Waals surface area contributed by atoms with Gasteiger partial charge in [-0.25, -0.2) is 0 Å². The second-order valence-corrected chi connectivity index (χ2v) is 5.32. The van der Waals surface area contributed by atoms with Gasteiger partial charge in [0.15, 0.2) is 0 Å². The third-order valence-corrected chi connectivity index (χ3v) is 3.69. The molecule has 0 heterocycles. The first-order valence-electron chi connectivity index (χ1n) is 7.48. The van der Waals surface area contributed by atoms with Gasteiger partial charge in [0.05, 0.1) is 13.0 Å². The van der Waals surface area contributed by atoms with Gasteiger partial charge in [0.25, 0.3) is 0 Å². The van der Waals surface area contributed by atoms with Crippen LogP contribution >= 0.6 is 0 Å². The standard InChI is InChI=1S/C16H24N2O2/c1-2-9-18-15-5-3-4-12-6-7-13(11-14(12)15)20-10-8-16(17)19/h6-7,11,15,18H,2-5,8-10H2,1H3,(H2,17,19). The largest absolute Gasteiger partial charge is 0.493 e. The van der Waals surface area contributed by atoms with E-state index in [1.807, 2.05) is 6.07 Å². The predicted octanol–water partition coefficient (Wildman–Crippen LogP) is 2.32. The van der Waals surface area contributed by atoms with Crippen molar-refractivity contribution in [2.24, 2.45) is 5.73 Å². The van der Waals surface area contributed by atoms with E-state index in [0.29, 0.717) is 12.6 Å². The van der Waals surface area contributed by atoms with Crippen molar-refractivity contribution in [3.63, 3.8) is 0 Å². The van der Waals surface area contributed by atoms with Gasteiger partial charge in [-0.1, -0.05) is 13.0 Å². The molecule has 20 heavy (non-hydrogen) atoms. The van der Waals surface area contributed by atoms with Crippen LogP contribution in [0, 0.1) is 0 Å². The SMILES string of the molecule is CCCNC1CCCc2ccc(OCCC(N)=O)cc21. The Morgan fingerprint density at radius 1 is 1.50 bits per heavy atom. The van der Waals surface area contributed by atoms with Gasteiger partial charge in [0.2, 0.25) is 5.91 Å². The lowest BCUT2D eigenvalue weighted by Crippen LogP contribution is -2.25. The van der Waals surface area contributed by atoms with Gasteiger partial charge in [0.1, 0.15) is 5.75 Å². The summed E-state index contributed by atoms with van der Waals surface area (Å²) in [6.45, 7) is 3.57. The van der Waals surface area contributed by atoms with Crippen molar-refractivity contribution in [2.45, 2.75) is 45.1 Å². The molecule has 0 radical (unpaired) electrons. The molecule has 0 aromatic heterocycles. The molecule has 1 aliphatic carbocycles. The lowest BCUT2D eigenvalue weighted by Gasteiger charge is -2.27. The molecule has 0 aliphatic heterocycles. The van der Waals surface area contributed by atoms with E-state index >= 15 is 0 Å². The minimum Gasteiger partial charge on any atom is -0.493 e. The maximum absolute atomic E-state index is 10.7. The van der Waals surface area contributed by atoms with Crippen molar-refractivity contribution < 1.29 is 9.53 Å². The summed E-state index contributed by atoms with van der Waals surface area (Å²) in [6, 6.07) is 6.68. The summed E-state index contributed by atoms with van der Waals surface area (Å²) in [4.78, 5) is 10.7. The van der Waals surface area contributed by atoms with Crippen molar-refractivity contribution in [1.82, 2.24) is 5.32 Å². The molecule has 0 spiro atoms. The summed E-state index contributed by atoms with van der Waals surface area (Å²) in [5, 5.41) is 3.60. The van der Waals surface area contributed by atoms with Crippen molar-refractivity contribution in [1.29, 1.82) is 0 Å². The number of hydrogen-bond donors (Lipinski definition) is 2. The van der Waals surface area contributed by atoms with Crippen LogP contribution in [0.2, 0.25) is 0 Å². The van der Waals surface area contributed by atoms with Crippen molar-refractivity contribution >= 4 is 5.91 Å². The van der Waals surface area contributed by atoms with E-state index in [1.54, 1.807) is 0 Å². The van der Waals surface area contributed by atoms with Crippen molar-refractivity contribution in [3.05, 3.63) is 29.3 Å². The van der Waals surface area contributed by atoms with E-state index in [4.69, 9.17) is 10.5 Å². The molecule has 1 atom stereocenters. The summed E-state index contributed by atoms with van der Waals surface area (Å²) in [5.41, 5.74) is 7.87. The average Bonchev–Trinajstić information content (AvgIpc) is 2.44. The quantitative estimate of drug-likeness (QED) is 0.803. The van der Waals surface area contributed by atoms with Crippen LogP contribution in [0.1, 0.15) is 49.8 Å². The molecule has 0 saturated heterocycles. The number of hydrogen-bond acceptors (Lipinski definition) is 3. The monoisotopic (exact) mass is 276 g/mol. The van der Waals surface area contributed by atoms with Crippen LogP contribution in [0.25, 0.3) is 0 Å². The lowest BCUT2D eigenvalue weighted by molar-refractivity contribution is -0.118. The number of nitrogens with one attached hydrogen (secondary N) is 1. The molecule has 3 N–H and O–H groups in total. The summed E-state index contributed by atoms with van der Waals surface area (Å²) < 4.78 is 5.61. The lowest BCUT2D eigenvalue weighted by atomic mass is 9.87. The molecular weight excluding hydrogens is 252 g/mol. The Morgan fingerprint density at radius 3 is 3.10 bits per heavy atom. The zero-order valence-corrected chi connectivity index (χ0v) is 12.2. The number of nitrogens with two attached hydrogens (primary N) is 1. The average molecular weight is 276 g/mol. The van der Waals surface area contributed by atoms with Crippen molar-refractivity contribution in [2.75, 3.05) is 13.2 Å².